The Labute approximate surface area is 91.7 Å². The highest BCUT2D eigenvalue weighted by Gasteiger charge is 2.14. The van der Waals surface area contributed by atoms with Crippen molar-refractivity contribution in [2.75, 3.05) is 25.1 Å². The number of nitrogens with one attached hydrogen (secondary N) is 2. The maximum absolute atomic E-state index is 5.30. The van der Waals surface area contributed by atoms with Gasteiger partial charge in [0, 0.05) is 19.8 Å². The third-order valence-corrected chi connectivity index (χ3v) is 3.34. The second-order valence-electron chi connectivity index (χ2n) is 3.36. The summed E-state index contributed by atoms with van der Waals surface area (Å²) < 4.78 is 6.02. The zero-order valence-electron chi connectivity index (χ0n) is 7.78. The van der Waals surface area contributed by atoms with Gasteiger partial charge in [0.2, 0.25) is 5.13 Å². The number of hydrogen-bond acceptors (Lipinski definition) is 5. The van der Waals surface area contributed by atoms with Crippen molar-refractivity contribution in [1.29, 1.82) is 0 Å². The van der Waals surface area contributed by atoms with Gasteiger partial charge in [0.15, 0.2) is 3.95 Å². The van der Waals surface area contributed by atoms with Crippen LogP contribution in [0.1, 0.15) is 12.8 Å². The lowest BCUT2D eigenvalue weighted by molar-refractivity contribution is 0.185. The van der Waals surface area contributed by atoms with Crippen molar-refractivity contribution >= 4 is 28.7 Å². The Bertz CT molecular complexity index is 329. The van der Waals surface area contributed by atoms with Gasteiger partial charge in [0.1, 0.15) is 0 Å². The van der Waals surface area contributed by atoms with Crippen molar-refractivity contribution in [3.63, 3.8) is 0 Å². The van der Waals surface area contributed by atoms with Crippen molar-refractivity contribution < 1.29 is 4.74 Å². The van der Waals surface area contributed by atoms with Gasteiger partial charge in [0.25, 0.3) is 0 Å². The molecule has 6 heteroatoms. The molecule has 1 aliphatic heterocycles. The molecule has 1 aromatic heterocycles. The highest BCUT2D eigenvalue weighted by atomic mass is 32.1. The lowest BCUT2D eigenvalue weighted by Gasteiger charge is -2.06. The number of nitrogens with zero attached hydrogens (tertiary/aromatic N) is 1. The minimum absolute atomic E-state index is 0.717. The zero-order chi connectivity index (χ0) is 9.80. The topological polar surface area (TPSA) is 49.9 Å². The molecule has 78 valence electrons. The van der Waals surface area contributed by atoms with Crippen molar-refractivity contribution in [2.24, 2.45) is 5.92 Å². The van der Waals surface area contributed by atoms with Gasteiger partial charge in [-0.25, -0.2) is 0 Å². The van der Waals surface area contributed by atoms with Crippen LogP contribution in [0.2, 0.25) is 0 Å². The number of hydrogen-bond donors (Lipinski definition) is 2. The molecule has 0 saturated carbocycles. The first kappa shape index (κ1) is 10.1. The quantitative estimate of drug-likeness (QED) is 0.779. The molecule has 0 aromatic carbocycles. The van der Waals surface area contributed by atoms with E-state index in [4.69, 9.17) is 17.0 Å². The average Bonchev–Trinajstić information content (AvgIpc) is 2.77. The van der Waals surface area contributed by atoms with Gasteiger partial charge in [-0.15, -0.1) is 5.10 Å². The van der Waals surface area contributed by atoms with Crippen molar-refractivity contribution in [3.05, 3.63) is 3.95 Å². The lowest BCUT2D eigenvalue weighted by atomic mass is 10.1. The van der Waals surface area contributed by atoms with Crippen LogP contribution in [0.25, 0.3) is 0 Å². The van der Waals surface area contributed by atoms with E-state index in [0.717, 1.165) is 41.2 Å². The zero-order valence-corrected chi connectivity index (χ0v) is 9.42. The third kappa shape index (κ3) is 2.76. The first-order valence-corrected chi connectivity index (χ1v) is 5.94. The number of aromatic amines is 1. The largest absolute Gasteiger partial charge is 0.381 e. The fourth-order valence-electron chi connectivity index (χ4n) is 1.50. The van der Waals surface area contributed by atoms with E-state index in [1.54, 1.807) is 0 Å². The molecule has 14 heavy (non-hydrogen) atoms. The Hall–Kier alpha value is -0.460. The van der Waals surface area contributed by atoms with E-state index in [9.17, 15) is 0 Å². The Morgan fingerprint density at radius 3 is 3.29 bits per heavy atom. The molecule has 4 nitrogen and oxygen atoms in total. The maximum Gasteiger partial charge on any atom is 0.204 e. The molecular formula is C8H13N3OS2. The van der Waals surface area contributed by atoms with Crippen molar-refractivity contribution in [3.8, 4) is 0 Å². The molecule has 1 aliphatic rings. The van der Waals surface area contributed by atoms with Gasteiger partial charge in [0.05, 0.1) is 0 Å². The SMILES string of the molecule is S=c1[nH]nc(NCCC2CCOC2)s1. The van der Waals surface area contributed by atoms with Crippen molar-refractivity contribution in [1.82, 2.24) is 10.2 Å². The van der Waals surface area contributed by atoms with Gasteiger partial charge < -0.3 is 10.1 Å². The van der Waals surface area contributed by atoms with E-state index < -0.39 is 0 Å². The summed E-state index contributed by atoms with van der Waals surface area (Å²) in [5, 5.41) is 10.9. The minimum Gasteiger partial charge on any atom is -0.381 e. The fourth-order valence-corrected chi connectivity index (χ4v) is 2.31. The fraction of sp³-hybridized carbons (Fsp3) is 0.750. The van der Waals surface area contributed by atoms with Crippen LogP contribution in [0.15, 0.2) is 0 Å². The Balaban J connectivity index is 1.69. The molecule has 1 atom stereocenters. The van der Waals surface area contributed by atoms with Crippen LogP contribution in [0.4, 0.5) is 5.13 Å². The predicted octanol–water partition coefficient (Wildman–Crippen LogP) is 2.04. The maximum atomic E-state index is 5.30. The molecule has 1 saturated heterocycles. The molecule has 2 heterocycles. The van der Waals surface area contributed by atoms with Crippen LogP contribution in [0.3, 0.4) is 0 Å². The minimum atomic E-state index is 0.717. The second kappa shape index (κ2) is 4.86. The molecule has 0 bridgehead atoms. The molecule has 1 fully saturated rings. The Morgan fingerprint density at radius 2 is 2.64 bits per heavy atom. The van der Waals surface area contributed by atoms with Gasteiger partial charge >= 0.3 is 0 Å². The van der Waals surface area contributed by atoms with Crippen LogP contribution in [0, 0.1) is 9.87 Å². The van der Waals surface area contributed by atoms with Crippen LogP contribution in [-0.4, -0.2) is 30.0 Å². The molecular weight excluding hydrogens is 218 g/mol. The summed E-state index contributed by atoms with van der Waals surface area (Å²) in [5.41, 5.74) is 0. The summed E-state index contributed by atoms with van der Waals surface area (Å²) in [6.07, 6.45) is 2.34. The number of ether oxygens (including phenoxy) is 1. The monoisotopic (exact) mass is 231 g/mol. The Morgan fingerprint density at radius 1 is 1.71 bits per heavy atom. The second-order valence-corrected chi connectivity index (χ2v) is 5.03. The van der Waals surface area contributed by atoms with Gasteiger partial charge in [-0.05, 0) is 31.0 Å². The third-order valence-electron chi connectivity index (χ3n) is 2.29. The summed E-state index contributed by atoms with van der Waals surface area (Å²) >= 11 is 6.41. The molecule has 0 aliphatic carbocycles. The number of anilines is 1. The van der Waals surface area contributed by atoms with Gasteiger partial charge in [-0.1, -0.05) is 11.3 Å². The van der Waals surface area contributed by atoms with E-state index >= 15 is 0 Å². The summed E-state index contributed by atoms with van der Waals surface area (Å²) in [6, 6.07) is 0. The normalized spacial score (nSPS) is 21.3. The average molecular weight is 231 g/mol. The number of aromatic nitrogens is 2. The van der Waals surface area contributed by atoms with Crippen LogP contribution in [0.5, 0.6) is 0 Å². The predicted molar refractivity (Wildman–Crippen MR) is 59.3 cm³/mol. The smallest absolute Gasteiger partial charge is 0.204 e. The van der Waals surface area contributed by atoms with E-state index in [1.165, 1.54) is 17.8 Å². The number of rotatable bonds is 4. The van der Waals surface area contributed by atoms with Crippen molar-refractivity contribution in [2.45, 2.75) is 12.8 Å². The van der Waals surface area contributed by atoms with E-state index in [-0.39, 0.29) is 0 Å². The standard InChI is InChI=1S/C8H13N3OS2/c13-8-11-10-7(14-8)9-3-1-6-2-4-12-5-6/h6H,1-5H2,(H,9,10)(H,11,13). The molecule has 1 unspecified atom stereocenters. The van der Waals surface area contributed by atoms with Crippen LogP contribution >= 0.6 is 23.6 Å². The first-order valence-electron chi connectivity index (χ1n) is 4.72. The Kier molecular flexibility index (Phi) is 3.49. The summed E-state index contributed by atoms with van der Waals surface area (Å²) in [5.74, 6) is 0.717. The molecule has 2 N–H and O–H groups in total. The van der Waals surface area contributed by atoms with E-state index in [2.05, 4.69) is 15.5 Å². The molecule has 0 amide bonds. The lowest BCUT2D eigenvalue weighted by Crippen LogP contribution is -2.08. The summed E-state index contributed by atoms with van der Waals surface area (Å²) in [4.78, 5) is 0. The first-order chi connectivity index (χ1) is 6.84. The molecule has 0 radical (unpaired) electrons. The van der Waals surface area contributed by atoms with E-state index in [1.807, 2.05) is 0 Å². The summed E-state index contributed by atoms with van der Waals surface area (Å²) in [7, 11) is 0. The molecule has 2 rings (SSSR count). The van der Waals surface area contributed by atoms with Crippen LogP contribution in [-0.2, 0) is 4.74 Å². The number of H-pyrrole nitrogens is 1. The van der Waals surface area contributed by atoms with Gasteiger partial charge in [-0.3, -0.25) is 5.10 Å². The highest BCUT2D eigenvalue weighted by Crippen LogP contribution is 2.17. The summed E-state index contributed by atoms with van der Waals surface area (Å²) in [6.45, 7) is 2.79. The highest BCUT2D eigenvalue weighted by molar-refractivity contribution is 7.73. The van der Waals surface area contributed by atoms with Gasteiger partial charge in [-0.2, -0.15) is 0 Å². The van der Waals surface area contributed by atoms with E-state index in [0.29, 0.717) is 0 Å². The van der Waals surface area contributed by atoms with Crippen LogP contribution < -0.4 is 5.32 Å². The molecule has 0 spiro atoms. The molecule has 1 aromatic rings.